The number of rotatable bonds is 4. The Balaban J connectivity index is 1.67. The molecule has 0 spiro atoms. The van der Waals surface area contributed by atoms with Gasteiger partial charge < -0.3 is 11.1 Å². The number of nitrogens with one attached hydrogen (secondary N) is 1. The van der Waals surface area contributed by atoms with E-state index in [-0.39, 0.29) is 0 Å². The zero-order chi connectivity index (χ0) is 15.6. The van der Waals surface area contributed by atoms with Crippen LogP contribution in [0.4, 0.5) is 11.5 Å². The fourth-order valence-electron chi connectivity index (χ4n) is 2.84. The Labute approximate surface area is 134 Å². The first-order chi connectivity index (χ1) is 11.3. The highest BCUT2D eigenvalue weighted by Gasteiger charge is 2.10. The number of aliphatic imine (C=N–C) groups is 2. The fourth-order valence-corrected chi connectivity index (χ4v) is 2.84. The van der Waals surface area contributed by atoms with Crippen molar-refractivity contribution in [1.29, 1.82) is 0 Å². The largest absolute Gasteiger partial charge is 0.384 e. The van der Waals surface area contributed by atoms with Gasteiger partial charge in [0.2, 0.25) is 0 Å². The molecule has 2 aliphatic heterocycles. The van der Waals surface area contributed by atoms with E-state index < -0.39 is 0 Å². The van der Waals surface area contributed by atoms with Crippen molar-refractivity contribution in [3.8, 4) is 0 Å². The van der Waals surface area contributed by atoms with E-state index >= 15 is 0 Å². The van der Waals surface area contributed by atoms with Crippen molar-refractivity contribution >= 4 is 39.9 Å². The van der Waals surface area contributed by atoms with Gasteiger partial charge in [-0.15, -0.1) is 0 Å². The molecule has 0 amide bonds. The smallest absolute Gasteiger partial charge is 0.126 e. The molecule has 114 valence electrons. The molecule has 0 saturated heterocycles. The van der Waals surface area contributed by atoms with E-state index in [1.54, 1.807) is 0 Å². The van der Waals surface area contributed by atoms with Crippen LogP contribution in [0, 0.1) is 0 Å². The summed E-state index contributed by atoms with van der Waals surface area (Å²) in [4.78, 5) is 13.0. The van der Waals surface area contributed by atoms with E-state index in [4.69, 9.17) is 5.73 Å². The molecule has 2 aliphatic rings. The maximum absolute atomic E-state index is 5.98. The standard InChI is InChI=1S/C18H17N5/c19-18-9-16(22-11-14-2-1-6-21-14)15-4-3-12(8-17(15)23-18)13-5-7-20-10-13/h1,3-9H,2,10-11H2,(H3,19,22,23). The summed E-state index contributed by atoms with van der Waals surface area (Å²) >= 11 is 0. The number of hydrogen-bond donors (Lipinski definition) is 2. The second kappa shape index (κ2) is 5.68. The molecule has 5 nitrogen and oxygen atoms in total. The minimum absolute atomic E-state index is 0.514. The molecule has 3 heterocycles. The van der Waals surface area contributed by atoms with Gasteiger partial charge in [-0.25, -0.2) is 4.98 Å². The van der Waals surface area contributed by atoms with Crippen molar-refractivity contribution in [3.05, 3.63) is 48.2 Å². The summed E-state index contributed by atoms with van der Waals surface area (Å²) in [6.07, 6.45) is 8.69. The van der Waals surface area contributed by atoms with E-state index in [1.165, 1.54) is 5.57 Å². The summed E-state index contributed by atoms with van der Waals surface area (Å²) in [6.45, 7) is 1.44. The molecule has 1 aromatic carbocycles. The summed E-state index contributed by atoms with van der Waals surface area (Å²) in [5.74, 6) is 0.514. The van der Waals surface area contributed by atoms with Gasteiger partial charge in [-0.05, 0) is 23.3 Å². The van der Waals surface area contributed by atoms with Crippen LogP contribution in [0.2, 0.25) is 0 Å². The average molecular weight is 303 g/mol. The number of benzene rings is 1. The van der Waals surface area contributed by atoms with Crippen molar-refractivity contribution in [2.45, 2.75) is 6.42 Å². The quantitative estimate of drug-likeness (QED) is 0.911. The molecule has 0 unspecified atom stereocenters. The third-order valence-corrected chi connectivity index (χ3v) is 4.04. The first-order valence-corrected chi connectivity index (χ1v) is 7.64. The average Bonchev–Trinajstić information content (AvgIpc) is 3.25. The number of hydrogen-bond acceptors (Lipinski definition) is 5. The zero-order valence-corrected chi connectivity index (χ0v) is 12.7. The Kier molecular flexibility index (Phi) is 3.38. The summed E-state index contributed by atoms with van der Waals surface area (Å²) in [6, 6.07) is 8.16. The van der Waals surface area contributed by atoms with Crippen molar-refractivity contribution in [3.63, 3.8) is 0 Å². The lowest BCUT2D eigenvalue weighted by atomic mass is 10.0. The number of fused-ring (bicyclic) bond motifs is 1. The van der Waals surface area contributed by atoms with Gasteiger partial charge in [0, 0.05) is 41.7 Å². The fraction of sp³-hybridized carbons (Fsp3) is 0.167. The van der Waals surface area contributed by atoms with Crippen molar-refractivity contribution in [2.75, 3.05) is 24.1 Å². The SMILES string of the molecule is Nc1cc(NCC2=NC=CC2)c2ccc(C3=CC=NC3)cc2n1. The predicted octanol–water partition coefficient (Wildman–Crippen LogP) is 3.06. The van der Waals surface area contributed by atoms with Crippen LogP contribution in [0.3, 0.4) is 0 Å². The molecule has 0 bridgehead atoms. The molecule has 0 radical (unpaired) electrons. The van der Waals surface area contributed by atoms with Crippen LogP contribution in [0.25, 0.3) is 16.5 Å². The van der Waals surface area contributed by atoms with Crippen LogP contribution < -0.4 is 11.1 Å². The van der Waals surface area contributed by atoms with Crippen LogP contribution in [0.15, 0.2) is 52.6 Å². The Morgan fingerprint density at radius 2 is 2.17 bits per heavy atom. The van der Waals surface area contributed by atoms with E-state index in [0.29, 0.717) is 12.4 Å². The van der Waals surface area contributed by atoms with Crippen molar-refractivity contribution in [1.82, 2.24) is 4.98 Å². The first-order valence-electron chi connectivity index (χ1n) is 7.64. The topological polar surface area (TPSA) is 75.7 Å². The van der Waals surface area contributed by atoms with Gasteiger partial charge in [-0.2, -0.15) is 0 Å². The van der Waals surface area contributed by atoms with Gasteiger partial charge in [0.05, 0.1) is 18.6 Å². The van der Waals surface area contributed by atoms with Crippen LogP contribution in [0.5, 0.6) is 0 Å². The Morgan fingerprint density at radius 3 is 2.96 bits per heavy atom. The Morgan fingerprint density at radius 1 is 1.22 bits per heavy atom. The summed E-state index contributed by atoms with van der Waals surface area (Å²) in [5, 5.41) is 4.49. The number of nitrogens with two attached hydrogens (primary N) is 1. The van der Waals surface area contributed by atoms with E-state index in [0.717, 1.165) is 40.8 Å². The number of allylic oxidation sites excluding steroid dienone is 2. The number of nitrogens with zero attached hydrogens (tertiary/aromatic N) is 3. The third-order valence-electron chi connectivity index (χ3n) is 4.04. The van der Waals surface area contributed by atoms with Crippen LogP contribution in [-0.4, -0.2) is 30.0 Å². The van der Waals surface area contributed by atoms with E-state index in [2.05, 4.69) is 44.6 Å². The van der Waals surface area contributed by atoms with Crippen molar-refractivity contribution in [2.24, 2.45) is 9.98 Å². The summed E-state index contributed by atoms with van der Waals surface area (Å²) < 4.78 is 0. The molecule has 0 aliphatic carbocycles. The van der Waals surface area contributed by atoms with Crippen LogP contribution in [0.1, 0.15) is 12.0 Å². The highest BCUT2D eigenvalue weighted by atomic mass is 14.9. The second-order valence-electron chi connectivity index (χ2n) is 5.65. The first kappa shape index (κ1) is 13.7. The van der Waals surface area contributed by atoms with Crippen LogP contribution in [-0.2, 0) is 0 Å². The molecule has 0 fully saturated rings. The lowest BCUT2D eigenvalue weighted by Gasteiger charge is -2.12. The lowest BCUT2D eigenvalue weighted by molar-refractivity contribution is 1.29. The monoisotopic (exact) mass is 303 g/mol. The zero-order valence-electron chi connectivity index (χ0n) is 12.7. The second-order valence-corrected chi connectivity index (χ2v) is 5.65. The normalized spacial score (nSPS) is 16.0. The van der Waals surface area contributed by atoms with Gasteiger partial charge in [-0.1, -0.05) is 18.2 Å². The number of aromatic nitrogens is 1. The molecule has 3 N–H and O–H groups in total. The van der Waals surface area contributed by atoms with Gasteiger partial charge in [0.1, 0.15) is 5.82 Å². The van der Waals surface area contributed by atoms with Gasteiger partial charge in [0.25, 0.3) is 0 Å². The molecule has 1 aromatic heterocycles. The molecule has 23 heavy (non-hydrogen) atoms. The van der Waals surface area contributed by atoms with Gasteiger partial charge in [-0.3, -0.25) is 9.98 Å². The molecular weight excluding hydrogens is 286 g/mol. The molecular formula is C18H17N5. The molecule has 2 aromatic rings. The van der Waals surface area contributed by atoms with E-state index in [9.17, 15) is 0 Å². The molecule has 4 rings (SSSR count). The van der Waals surface area contributed by atoms with E-state index in [1.807, 2.05) is 24.6 Å². The lowest BCUT2D eigenvalue weighted by Crippen LogP contribution is -2.12. The highest BCUT2D eigenvalue weighted by molar-refractivity contribution is 5.98. The number of nitrogen functional groups attached to an aromatic ring is 1. The van der Waals surface area contributed by atoms with Crippen molar-refractivity contribution < 1.29 is 0 Å². The molecule has 0 saturated carbocycles. The molecule has 0 atom stereocenters. The van der Waals surface area contributed by atoms with Gasteiger partial charge in [0.15, 0.2) is 0 Å². The summed E-state index contributed by atoms with van der Waals surface area (Å²) in [7, 11) is 0. The number of pyridine rings is 1. The Bertz CT molecular complexity index is 890. The maximum atomic E-state index is 5.98. The highest BCUT2D eigenvalue weighted by Crippen LogP contribution is 2.28. The molecule has 5 heteroatoms. The minimum Gasteiger partial charge on any atom is -0.384 e. The predicted molar refractivity (Wildman–Crippen MR) is 97.2 cm³/mol. The third kappa shape index (κ3) is 2.73. The van der Waals surface area contributed by atoms with Crippen LogP contribution >= 0.6 is 0 Å². The summed E-state index contributed by atoms with van der Waals surface area (Å²) in [5.41, 5.74) is 11.3. The van der Waals surface area contributed by atoms with Gasteiger partial charge >= 0.3 is 0 Å². The Hall–Kier alpha value is -2.95. The number of anilines is 2. The maximum Gasteiger partial charge on any atom is 0.126 e. The minimum atomic E-state index is 0.514.